The standard InChI is InChI=1S/C29H24N2O3/c1-20-10-13-25(14-11-20)31-29(32)24(18-30)16-21-12-15-27(33-2)28(17-21)34-19-23-8-5-7-22-6-3-4-9-26(22)23/h3-17H,19H2,1-2H3,(H,31,32)/b24-16+. The zero-order valence-electron chi connectivity index (χ0n) is 19.0. The maximum atomic E-state index is 12.6. The highest BCUT2D eigenvalue weighted by Gasteiger charge is 2.12. The van der Waals surface area contributed by atoms with E-state index in [0.29, 0.717) is 29.4 Å². The second-order valence-electron chi connectivity index (χ2n) is 7.83. The third-order valence-corrected chi connectivity index (χ3v) is 5.44. The van der Waals surface area contributed by atoms with E-state index in [9.17, 15) is 10.1 Å². The van der Waals surface area contributed by atoms with Crippen LogP contribution in [0.1, 0.15) is 16.7 Å². The second-order valence-corrected chi connectivity index (χ2v) is 7.83. The van der Waals surface area contributed by atoms with Gasteiger partial charge in [0.15, 0.2) is 11.5 Å². The van der Waals surface area contributed by atoms with Gasteiger partial charge < -0.3 is 14.8 Å². The van der Waals surface area contributed by atoms with Crippen molar-refractivity contribution in [2.24, 2.45) is 0 Å². The van der Waals surface area contributed by atoms with Crippen LogP contribution < -0.4 is 14.8 Å². The summed E-state index contributed by atoms with van der Waals surface area (Å²) in [5.74, 6) is 0.626. The molecule has 0 heterocycles. The van der Waals surface area contributed by atoms with E-state index in [-0.39, 0.29) is 5.57 Å². The van der Waals surface area contributed by atoms with Crippen LogP contribution in [0, 0.1) is 18.3 Å². The van der Waals surface area contributed by atoms with Gasteiger partial charge in [-0.3, -0.25) is 4.79 Å². The van der Waals surface area contributed by atoms with Crippen molar-refractivity contribution in [1.29, 1.82) is 5.26 Å². The van der Waals surface area contributed by atoms with Gasteiger partial charge in [0, 0.05) is 5.69 Å². The minimum atomic E-state index is -0.472. The van der Waals surface area contributed by atoms with Crippen LogP contribution in [0.3, 0.4) is 0 Å². The number of methoxy groups -OCH3 is 1. The normalized spacial score (nSPS) is 11.0. The molecule has 0 unspecified atom stereocenters. The Hall–Kier alpha value is -4.56. The van der Waals surface area contributed by atoms with Gasteiger partial charge in [0.25, 0.3) is 5.91 Å². The molecule has 1 N–H and O–H groups in total. The van der Waals surface area contributed by atoms with Gasteiger partial charge >= 0.3 is 0 Å². The number of carbonyl (C=O) groups excluding carboxylic acids is 1. The highest BCUT2D eigenvalue weighted by atomic mass is 16.5. The summed E-state index contributed by atoms with van der Waals surface area (Å²) in [5, 5.41) is 14.6. The molecule has 1 amide bonds. The lowest BCUT2D eigenvalue weighted by Crippen LogP contribution is -2.13. The molecule has 4 aromatic rings. The number of fused-ring (bicyclic) bond motifs is 1. The molecule has 168 valence electrons. The molecule has 0 fully saturated rings. The Balaban J connectivity index is 1.56. The van der Waals surface area contributed by atoms with Gasteiger partial charge in [-0.1, -0.05) is 66.2 Å². The van der Waals surface area contributed by atoms with E-state index in [1.54, 1.807) is 37.4 Å². The molecule has 0 aliphatic rings. The lowest BCUT2D eigenvalue weighted by Gasteiger charge is -2.13. The Kier molecular flexibility index (Phi) is 6.90. The molecular weight excluding hydrogens is 424 g/mol. The maximum absolute atomic E-state index is 12.6. The smallest absolute Gasteiger partial charge is 0.266 e. The fourth-order valence-corrected chi connectivity index (χ4v) is 3.62. The van der Waals surface area contributed by atoms with Crippen molar-refractivity contribution in [1.82, 2.24) is 0 Å². The largest absolute Gasteiger partial charge is 0.493 e. The molecule has 0 spiro atoms. The lowest BCUT2D eigenvalue weighted by molar-refractivity contribution is -0.112. The Morgan fingerprint density at radius 1 is 0.971 bits per heavy atom. The van der Waals surface area contributed by atoms with Crippen LogP contribution in [0.15, 0.2) is 90.5 Å². The van der Waals surface area contributed by atoms with Crippen molar-refractivity contribution < 1.29 is 14.3 Å². The van der Waals surface area contributed by atoms with Gasteiger partial charge in [-0.15, -0.1) is 0 Å². The van der Waals surface area contributed by atoms with Crippen LogP contribution >= 0.6 is 0 Å². The number of ether oxygens (including phenoxy) is 2. The van der Waals surface area contributed by atoms with E-state index < -0.39 is 5.91 Å². The van der Waals surface area contributed by atoms with Gasteiger partial charge in [0.2, 0.25) is 0 Å². The molecule has 5 heteroatoms. The van der Waals surface area contributed by atoms with Gasteiger partial charge in [0.1, 0.15) is 18.2 Å². The van der Waals surface area contributed by atoms with Crippen LogP contribution in [0.25, 0.3) is 16.8 Å². The van der Waals surface area contributed by atoms with Crippen molar-refractivity contribution in [2.75, 3.05) is 12.4 Å². The third kappa shape index (κ3) is 5.25. The first-order chi connectivity index (χ1) is 16.6. The van der Waals surface area contributed by atoms with Crippen molar-refractivity contribution in [3.05, 3.63) is 107 Å². The van der Waals surface area contributed by atoms with E-state index in [1.807, 2.05) is 49.4 Å². The topological polar surface area (TPSA) is 71.3 Å². The summed E-state index contributed by atoms with van der Waals surface area (Å²) >= 11 is 0. The van der Waals surface area contributed by atoms with Crippen LogP contribution in [0.5, 0.6) is 11.5 Å². The average molecular weight is 449 g/mol. The summed E-state index contributed by atoms with van der Waals surface area (Å²) in [7, 11) is 1.57. The molecular formula is C29H24N2O3. The van der Waals surface area contributed by atoms with Crippen molar-refractivity contribution >= 4 is 28.4 Å². The predicted octanol–water partition coefficient (Wildman–Crippen LogP) is 6.28. The van der Waals surface area contributed by atoms with Gasteiger partial charge in [-0.25, -0.2) is 0 Å². The van der Waals surface area contributed by atoms with Crippen LogP contribution in [-0.2, 0) is 11.4 Å². The SMILES string of the molecule is COc1ccc(/C=C(\C#N)C(=O)Nc2ccc(C)cc2)cc1OCc1cccc2ccccc12. The minimum absolute atomic E-state index is 0.00857. The molecule has 0 bridgehead atoms. The fraction of sp³-hybridized carbons (Fsp3) is 0.103. The summed E-state index contributed by atoms with van der Waals surface area (Å²) in [6.07, 6.45) is 1.54. The zero-order chi connectivity index (χ0) is 23.9. The second kappa shape index (κ2) is 10.4. The molecule has 34 heavy (non-hydrogen) atoms. The monoisotopic (exact) mass is 448 g/mol. The molecule has 0 radical (unpaired) electrons. The molecule has 0 saturated heterocycles. The highest BCUT2D eigenvalue weighted by Crippen LogP contribution is 2.30. The first kappa shape index (κ1) is 22.6. The average Bonchev–Trinajstić information content (AvgIpc) is 2.87. The van der Waals surface area contributed by atoms with Crippen molar-refractivity contribution in [3.8, 4) is 17.6 Å². The molecule has 0 aromatic heterocycles. The molecule has 0 atom stereocenters. The first-order valence-corrected chi connectivity index (χ1v) is 10.8. The number of rotatable bonds is 7. The highest BCUT2D eigenvalue weighted by molar-refractivity contribution is 6.09. The summed E-state index contributed by atoms with van der Waals surface area (Å²) < 4.78 is 11.6. The van der Waals surface area contributed by atoms with E-state index >= 15 is 0 Å². The maximum Gasteiger partial charge on any atom is 0.266 e. The number of benzene rings is 4. The molecule has 5 nitrogen and oxygen atoms in total. The number of amides is 1. The van der Waals surface area contributed by atoms with Gasteiger partial charge in [-0.2, -0.15) is 5.26 Å². The summed E-state index contributed by atoms with van der Waals surface area (Å²) in [6.45, 7) is 2.32. The Bertz CT molecular complexity index is 1390. The quantitative estimate of drug-likeness (QED) is 0.267. The van der Waals surface area contributed by atoms with Crippen molar-refractivity contribution in [2.45, 2.75) is 13.5 Å². The van der Waals surface area contributed by atoms with E-state index in [2.05, 4.69) is 23.5 Å². The number of anilines is 1. The molecule has 0 aliphatic carbocycles. The van der Waals surface area contributed by atoms with Gasteiger partial charge in [0.05, 0.1) is 7.11 Å². The van der Waals surface area contributed by atoms with E-state index in [4.69, 9.17) is 9.47 Å². The third-order valence-electron chi connectivity index (χ3n) is 5.44. The molecule has 0 aliphatic heterocycles. The Morgan fingerprint density at radius 3 is 2.50 bits per heavy atom. The number of hydrogen-bond donors (Lipinski definition) is 1. The molecule has 4 aromatic carbocycles. The van der Waals surface area contributed by atoms with Crippen LogP contribution in [0.2, 0.25) is 0 Å². The number of hydrogen-bond acceptors (Lipinski definition) is 4. The minimum Gasteiger partial charge on any atom is -0.493 e. The van der Waals surface area contributed by atoms with Gasteiger partial charge in [-0.05, 0) is 59.2 Å². The number of nitriles is 1. The van der Waals surface area contributed by atoms with E-state index in [0.717, 1.165) is 21.9 Å². The lowest BCUT2D eigenvalue weighted by atomic mass is 10.1. The summed E-state index contributed by atoms with van der Waals surface area (Å²) in [4.78, 5) is 12.6. The predicted molar refractivity (Wildman–Crippen MR) is 135 cm³/mol. The number of nitrogens with one attached hydrogen (secondary N) is 1. The number of nitrogens with zero attached hydrogens (tertiary/aromatic N) is 1. The number of aryl methyl sites for hydroxylation is 1. The van der Waals surface area contributed by atoms with E-state index in [1.165, 1.54) is 6.08 Å². The summed E-state index contributed by atoms with van der Waals surface area (Å²) in [6, 6.07) is 28.9. The van der Waals surface area contributed by atoms with Crippen LogP contribution in [-0.4, -0.2) is 13.0 Å². The fourth-order valence-electron chi connectivity index (χ4n) is 3.62. The van der Waals surface area contributed by atoms with Crippen molar-refractivity contribution in [3.63, 3.8) is 0 Å². The van der Waals surface area contributed by atoms with Crippen LogP contribution in [0.4, 0.5) is 5.69 Å². The first-order valence-electron chi connectivity index (χ1n) is 10.8. The Morgan fingerprint density at radius 2 is 1.74 bits per heavy atom. The molecule has 4 rings (SSSR count). The number of carbonyl (C=O) groups is 1. The zero-order valence-corrected chi connectivity index (χ0v) is 19.0. The Labute approximate surface area is 198 Å². The molecule has 0 saturated carbocycles. The summed E-state index contributed by atoms with van der Waals surface area (Å²) in [5.41, 5.74) is 3.42.